The molecule has 7 heteroatoms. The van der Waals surface area contributed by atoms with Gasteiger partial charge in [-0.15, -0.1) is 0 Å². The first-order valence-corrected chi connectivity index (χ1v) is 6.76. The number of esters is 1. The third kappa shape index (κ3) is 3.21. The highest BCUT2D eigenvalue weighted by molar-refractivity contribution is 7.89. The molecule has 0 fully saturated rings. The van der Waals surface area contributed by atoms with Crippen molar-refractivity contribution in [3.8, 4) is 0 Å². The number of benzene rings is 1. The summed E-state index contributed by atoms with van der Waals surface area (Å²) < 4.78 is 31.1. The maximum atomic E-state index is 12.1. The molecule has 3 N–H and O–H groups in total. The molecule has 0 bridgehead atoms. The number of nitrogens with two attached hydrogens (primary N) is 1. The molecule has 0 atom stereocenters. The smallest absolute Gasteiger partial charge is 0.339 e. The molecule has 0 aliphatic rings. The number of nitrogen functional groups attached to an aromatic ring is 1. The van der Waals surface area contributed by atoms with Crippen LogP contribution < -0.4 is 10.5 Å². The summed E-state index contributed by atoms with van der Waals surface area (Å²) in [5, 5.41) is 0. The molecule has 0 saturated carbocycles. The van der Waals surface area contributed by atoms with Gasteiger partial charge < -0.3 is 10.5 Å². The van der Waals surface area contributed by atoms with Gasteiger partial charge in [0.2, 0.25) is 10.0 Å². The van der Waals surface area contributed by atoms with Crippen LogP contribution in [0.25, 0.3) is 0 Å². The summed E-state index contributed by atoms with van der Waals surface area (Å²) in [5.41, 5.74) is 5.77. The number of methoxy groups -OCH3 is 1. The van der Waals surface area contributed by atoms with Gasteiger partial charge in [-0.1, -0.05) is 0 Å². The number of rotatable bonds is 4. The topological polar surface area (TPSA) is 98.5 Å². The molecule has 0 saturated heterocycles. The van der Waals surface area contributed by atoms with Crippen LogP contribution in [-0.2, 0) is 14.8 Å². The molecule has 1 aromatic rings. The van der Waals surface area contributed by atoms with Crippen molar-refractivity contribution < 1.29 is 17.9 Å². The molecule has 0 spiro atoms. The van der Waals surface area contributed by atoms with E-state index < -0.39 is 16.0 Å². The first-order valence-electron chi connectivity index (χ1n) is 5.28. The highest BCUT2D eigenvalue weighted by atomic mass is 32.2. The number of hydrogen-bond acceptors (Lipinski definition) is 5. The summed E-state index contributed by atoms with van der Waals surface area (Å²) in [6.07, 6.45) is 0. The van der Waals surface area contributed by atoms with Gasteiger partial charge in [-0.25, -0.2) is 17.9 Å². The zero-order valence-electron chi connectivity index (χ0n) is 10.4. The fourth-order valence-electron chi connectivity index (χ4n) is 1.41. The van der Waals surface area contributed by atoms with E-state index in [2.05, 4.69) is 9.46 Å². The lowest BCUT2D eigenvalue weighted by molar-refractivity contribution is 0.0596. The van der Waals surface area contributed by atoms with E-state index in [0.717, 1.165) is 0 Å². The quantitative estimate of drug-likeness (QED) is 0.622. The maximum absolute atomic E-state index is 12.1. The predicted molar refractivity (Wildman–Crippen MR) is 67.7 cm³/mol. The Kier molecular flexibility index (Phi) is 4.31. The average Bonchev–Trinajstić information content (AvgIpc) is 2.26. The molecule has 1 rings (SSSR count). The van der Waals surface area contributed by atoms with Gasteiger partial charge in [0.1, 0.15) is 0 Å². The second kappa shape index (κ2) is 5.36. The van der Waals surface area contributed by atoms with E-state index in [0.29, 0.717) is 0 Å². The van der Waals surface area contributed by atoms with Gasteiger partial charge in [0.05, 0.1) is 17.6 Å². The summed E-state index contributed by atoms with van der Waals surface area (Å²) in [6, 6.07) is 3.72. The molecule has 18 heavy (non-hydrogen) atoms. The van der Waals surface area contributed by atoms with Crippen LogP contribution in [0, 0.1) is 0 Å². The number of carbonyl (C=O) groups excluding carboxylic acids is 1. The third-order valence-corrected chi connectivity index (χ3v) is 3.79. The van der Waals surface area contributed by atoms with Crippen molar-refractivity contribution in [2.24, 2.45) is 0 Å². The largest absolute Gasteiger partial charge is 0.465 e. The number of sulfonamides is 1. The van der Waals surface area contributed by atoms with Crippen LogP contribution in [0.15, 0.2) is 23.1 Å². The lowest BCUT2D eigenvalue weighted by atomic mass is 10.2. The first kappa shape index (κ1) is 14.5. The molecule has 6 nitrogen and oxygen atoms in total. The Labute approximate surface area is 106 Å². The summed E-state index contributed by atoms with van der Waals surface area (Å²) in [4.78, 5) is 11.3. The predicted octanol–water partition coefficient (Wildman–Crippen LogP) is 0.742. The van der Waals surface area contributed by atoms with Crippen molar-refractivity contribution in [2.75, 3.05) is 12.8 Å². The lowest BCUT2D eigenvalue weighted by Gasteiger charge is -2.13. The standard InChI is InChI=1S/C11H16N2O4S/c1-7(2)13-18(15,16)10-6-8(12)4-5-9(10)11(14)17-3/h4-7,13H,12H2,1-3H3. The van der Waals surface area contributed by atoms with E-state index >= 15 is 0 Å². The Balaban J connectivity index is 3.38. The summed E-state index contributed by atoms with van der Waals surface area (Å²) >= 11 is 0. The molecule has 0 unspecified atom stereocenters. The van der Waals surface area contributed by atoms with Crippen LogP contribution in [-0.4, -0.2) is 27.5 Å². The molecular weight excluding hydrogens is 256 g/mol. The monoisotopic (exact) mass is 272 g/mol. The lowest BCUT2D eigenvalue weighted by Crippen LogP contribution is -2.31. The van der Waals surface area contributed by atoms with Crippen LogP contribution in [0.2, 0.25) is 0 Å². The van der Waals surface area contributed by atoms with E-state index in [1.165, 1.54) is 25.3 Å². The van der Waals surface area contributed by atoms with E-state index in [9.17, 15) is 13.2 Å². The molecule has 0 heterocycles. The van der Waals surface area contributed by atoms with E-state index in [-0.39, 0.29) is 22.2 Å². The third-order valence-electron chi connectivity index (χ3n) is 2.09. The fraction of sp³-hybridized carbons (Fsp3) is 0.364. The minimum atomic E-state index is -3.80. The van der Waals surface area contributed by atoms with Crippen LogP contribution >= 0.6 is 0 Å². The zero-order valence-corrected chi connectivity index (χ0v) is 11.2. The minimum Gasteiger partial charge on any atom is -0.465 e. The molecule has 1 aromatic carbocycles. The molecular formula is C11H16N2O4S. The molecule has 0 amide bonds. The zero-order chi connectivity index (χ0) is 13.9. The molecule has 100 valence electrons. The van der Waals surface area contributed by atoms with Gasteiger partial charge in [0, 0.05) is 11.7 Å². The number of ether oxygens (including phenoxy) is 1. The number of carbonyl (C=O) groups is 1. The summed E-state index contributed by atoms with van der Waals surface area (Å²) in [7, 11) is -2.61. The fourth-order valence-corrected chi connectivity index (χ4v) is 2.89. The Morgan fingerprint density at radius 2 is 2.00 bits per heavy atom. The Bertz CT molecular complexity index is 552. The second-order valence-electron chi connectivity index (χ2n) is 4.02. The van der Waals surface area contributed by atoms with Gasteiger partial charge in [-0.2, -0.15) is 0 Å². The van der Waals surface area contributed by atoms with Gasteiger partial charge in [-0.3, -0.25) is 0 Å². The van der Waals surface area contributed by atoms with Crippen LogP contribution in [0.4, 0.5) is 5.69 Å². The maximum Gasteiger partial charge on any atom is 0.339 e. The Hall–Kier alpha value is -1.60. The van der Waals surface area contributed by atoms with Gasteiger partial charge >= 0.3 is 5.97 Å². The van der Waals surface area contributed by atoms with E-state index in [1.807, 2.05) is 0 Å². The van der Waals surface area contributed by atoms with Crippen LogP contribution in [0.1, 0.15) is 24.2 Å². The Morgan fingerprint density at radius 3 is 2.50 bits per heavy atom. The molecule has 0 radical (unpaired) electrons. The van der Waals surface area contributed by atoms with Crippen molar-refractivity contribution >= 4 is 21.7 Å². The van der Waals surface area contributed by atoms with E-state index in [1.54, 1.807) is 13.8 Å². The number of nitrogens with one attached hydrogen (secondary N) is 1. The normalized spacial score (nSPS) is 11.6. The van der Waals surface area contributed by atoms with Gasteiger partial charge in [-0.05, 0) is 32.0 Å². The van der Waals surface area contributed by atoms with Gasteiger partial charge in [0.15, 0.2) is 0 Å². The van der Waals surface area contributed by atoms with Crippen molar-refractivity contribution in [3.05, 3.63) is 23.8 Å². The average molecular weight is 272 g/mol. The number of hydrogen-bond donors (Lipinski definition) is 2. The van der Waals surface area contributed by atoms with Crippen molar-refractivity contribution in [3.63, 3.8) is 0 Å². The Morgan fingerprint density at radius 1 is 1.39 bits per heavy atom. The summed E-state index contributed by atoms with van der Waals surface area (Å²) in [6.45, 7) is 3.36. The second-order valence-corrected chi connectivity index (χ2v) is 5.71. The first-order chi connectivity index (χ1) is 8.27. The molecule has 0 aromatic heterocycles. The molecule has 0 aliphatic carbocycles. The SMILES string of the molecule is COC(=O)c1ccc(N)cc1S(=O)(=O)NC(C)C. The minimum absolute atomic E-state index is 0.0418. The van der Waals surface area contributed by atoms with Crippen molar-refractivity contribution in [1.82, 2.24) is 4.72 Å². The van der Waals surface area contributed by atoms with Crippen molar-refractivity contribution in [2.45, 2.75) is 24.8 Å². The highest BCUT2D eigenvalue weighted by Gasteiger charge is 2.23. The van der Waals surface area contributed by atoms with E-state index in [4.69, 9.17) is 5.73 Å². The summed E-state index contributed by atoms with van der Waals surface area (Å²) in [5.74, 6) is -0.723. The highest BCUT2D eigenvalue weighted by Crippen LogP contribution is 2.20. The van der Waals surface area contributed by atoms with Crippen molar-refractivity contribution in [1.29, 1.82) is 0 Å². The molecule has 0 aliphatic heterocycles. The van der Waals surface area contributed by atoms with Gasteiger partial charge in [0.25, 0.3) is 0 Å². The van der Waals surface area contributed by atoms with Crippen LogP contribution in [0.3, 0.4) is 0 Å². The number of anilines is 1. The van der Waals surface area contributed by atoms with Crippen LogP contribution in [0.5, 0.6) is 0 Å².